The first-order valence-electron chi connectivity index (χ1n) is 7.70. The number of thiazole rings is 1. The van der Waals surface area contributed by atoms with Gasteiger partial charge in [0, 0.05) is 24.0 Å². The van der Waals surface area contributed by atoms with Crippen molar-refractivity contribution in [2.75, 3.05) is 12.4 Å². The van der Waals surface area contributed by atoms with Crippen molar-refractivity contribution in [2.24, 2.45) is 7.05 Å². The number of aryl methyl sites for hydroxylation is 1. The molecule has 4 rings (SSSR count). The minimum absolute atomic E-state index is 0.150. The second kappa shape index (κ2) is 6.10. The van der Waals surface area contributed by atoms with Crippen LogP contribution in [0.25, 0.3) is 22.3 Å². The fraction of sp³-hybridized carbons (Fsp3) is 0.111. The number of anilines is 2. The second-order valence-electron chi connectivity index (χ2n) is 5.61. The molecule has 2 N–H and O–H groups in total. The van der Waals surface area contributed by atoms with Crippen LogP contribution in [0.1, 0.15) is 0 Å². The Morgan fingerprint density at radius 3 is 2.96 bits per heavy atom. The summed E-state index contributed by atoms with van der Waals surface area (Å²) in [5, 5.41) is 6.79. The predicted octanol–water partition coefficient (Wildman–Crippen LogP) is 3.74. The van der Waals surface area contributed by atoms with Crippen molar-refractivity contribution >= 4 is 33.2 Å². The van der Waals surface area contributed by atoms with Crippen LogP contribution in [0.4, 0.5) is 10.8 Å². The number of para-hydroxylation sites is 2. The summed E-state index contributed by atoms with van der Waals surface area (Å²) in [6.07, 6.45) is 1.92. The van der Waals surface area contributed by atoms with Gasteiger partial charge in [-0.3, -0.25) is 4.79 Å². The summed E-state index contributed by atoms with van der Waals surface area (Å²) < 4.78 is 7.22. The zero-order valence-corrected chi connectivity index (χ0v) is 14.6. The van der Waals surface area contributed by atoms with E-state index in [1.54, 1.807) is 7.11 Å². The molecule has 0 radical (unpaired) electrons. The third-order valence-electron chi connectivity index (χ3n) is 4.01. The predicted molar refractivity (Wildman–Crippen MR) is 101 cm³/mol. The number of aromatic nitrogens is 3. The Hall–Kier alpha value is -3.06. The van der Waals surface area contributed by atoms with Gasteiger partial charge in [-0.15, -0.1) is 11.3 Å². The maximum Gasteiger partial charge on any atom is 0.259 e. The minimum atomic E-state index is -0.150. The summed E-state index contributed by atoms with van der Waals surface area (Å²) in [6, 6.07) is 11.5. The van der Waals surface area contributed by atoms with Crippen molar-refractivity contribution in [1.29, 1.82) is 0 Å². The van der Waals surface area contributed by atoms with Crippen LogP contribution in [0.3, 0.4) is 0 Å². The van der Waals surface area contributed by atoms with Gasteiger partial charge in [-0.1, -0.05) is 12.1 Å². The van der Waals surface area contributed by atoms with Crippen molar-refractivity contribution in [1.82, 2.24) is 14.5 Å². The van der Waals surface area contributed by atoms with Gasteiger partial charge in [0.15, 0.2) is 5.13 Å². The number of ether oxygens (including phenoxy) is 1. The molecule has 7 heteroatoms. The first-order chi connectivity index (χ1) is 12.2. The van der Waals surface area contributed by atoms with Crippen molar-refractivity contribution in [3.05, 3.63) is 58.3 Å². The largest absolute Gasteiger partial charge is 0.495 e. The standard InChI is InChI=1S/C18H16N4O2S/c1-22-8-7-11-9-12(17(23)21-16(11)22)14-10-25-18(20-14)19-13-5-3-4-6-15(13)24-2/h3-10H,1-2H3,(H,19,20)(H,21,23). The molecule has 0 unspecified atom stereocenters. The van der Waals surface area contributed by atoms with Crippen LogP contribution in [0.15, 0.2) is 52.8 Å². The Balaban J connectivity index is 1.70. The first-order valence-corrected chi connectivity index (χ1v) is 8.58. The van der Waals surface area contributed by atoms with Crippen molar-refractivity contribution in [2.45, 2.75) is 0 Å². The molecule has 0 amide bonds. The number of benzene rings is 1. The number of rotatable bonds is 4. The van der Waals surface area contributed by atoms with Gasteiger partial charge in [0.1, 0.15) is 11.4 Å². The zero-order valence-electron chi connectivity index (χ0n) is 13.7. The Kier molecular flexibility index (Phi) is 3.77. The van der Waals surface area contributed by atoms with Gasteiger partial charge < -0.3 is 19.6 Å². The SMILES string of the molecule is COc1ccccc1Nc1nc(-c2cc3ccn(C)c3[nH]c2=O)cs1. The van der Waals surface area contributed by atoms with Crippen LogP contribution in [0.2, 0.25) is 0 Å². The topological polar surface area (TPSA) is 71.9 Å². The molecular weight excluding hydrogens is 336 g/mol. The van der Waals surface area contributed by atoms with E-state index in [1.807, 2.05) is 59.6 Å². The zero-order chi connectivity index (χ0) is 17.4. The minimum Gasteiger partial charge on any atom is -0.495 e. The van der Waals surface area contributed by atoms with Crippen LogP contribution >= 0.6 is 11.3 Å². The van der Waals surface area contributed by atoms with E-state index in [-0.39, 0.29) is 5.56 Å². The average Bonchev–Trinajstić information content (AvgIpc) is 3.22. The Morgan fingerprint density at radius 1 is 1.28 bits per heavy atom. The molecule has 3 heterocycles. The van der Waals surface area contributed by atoms with Crippen LogP contribution in [-0.4, -0.2) is 21.6 Å². The van der Waals surface area contributed by atoms with E-state index in [0.717, 1.165) is 22.5 Å². The van der Waals surface area contributed by atoms with Crippen LogP contribution in [-0.2, 0) is 7.05 Å². The van der Waals surface area contributed by atoms with E-state index < -0.39 is 0 Å². The number of H-pyrrole nitrogens is 1. The number of pyridine rings is 1. The van der Waals surface area contributed by atoms with E-state index >= 15 is 0 Å². The van der Waals surface area contributed by atoms with Crippen molar-refractivity contribution < 1.29 is 4.74 Å². The van der Waals surface area contributed by atoms with Crippen molar-refractivity contribution in [3.63, 3.8) is 0 Å². The molecule has 3 aromatic heterocycles. The summed E-state index contributed by atoms with van der Waals surface area (Å²) >= 11 is 1.44. The molecule has 0 bridgehead atoms. The second-order valence-corrected chi connectivity index (χ2v) is 6.46. The lowest BCUT2D eigenvalue weighted by molar-refractivity contribution is 0.417. The molecule has 25 heavy (non-hydrogen) atoms. The third kappa shape index (κ3) is 2.78. The number of hydrogen-bond donors (Lipinski definition) is 2. The molecule has 1 aromatic carbocycles. The Morgan fingerprint density at radius 2 is 2.12 bits per heavy atom. The molecule has 0 spiro atoms. The molecule has 0 fully saturated rings. The Bertz CT molecular complexity index is 1110. The molecular formula is C18H16N4O2S. The number of nitrogens with one attached hydrogen (secondary N) is 2. The van der Waals surface area contributed by atoms with E-state index in [9.17, 15) is 4.79 Å². The monoisotopic (exact) mass is 352 g/mol. The lowest BCUT2D eigenvalue weighted by atomic mass is 10.2. The molecule has 0 atom stereocenters. The summed E-state index contributed by atoms with van der Waals surface area (Å²) in [6.45, 7) is 0. The quantitative estimate of drug-likeness (QED) is 0.587. The fourth-order valence-electron chi connectivity index (χ4n) is 2.73. The summed E-state index contributed by atoms with van der Waals surface area (Å²) in [5.74, 6) is 0.739. The molecule has 126 valence electrons. The lowest BCUT2D eigenvalue weighted by Gasteiger charge is -2.08. The highest BCUT2D eigenvalue weighted by Gasteiger charge is 2.12. The van der Waals surface area contributed by atoms with Gasteiger partial charge >= 0.3 is 0 Å². The number of aromatic amines is 1. The number of nitrogens with zero attached hydrogens (tertiary/aromatic N) is 2. The molecule has 0 saturated heterocycles. The van der Waals surface area contributed by atoms with Gasteiger partial charge in [-0.05, 0) is 24.3 Å². The summed E-state index contributed by atoms with van der Waals surface area (Å²) in [7, 11) is 3.53. The normalized spacial score (nSPS) is 11.0. The number of methoxy groups -OCH3 is 1. The number of hydrogen-bond acceptors (Lipinski definition) is 5. The smallest absolute Gasteiger partial charge is 0.259 e. The van der Waals surface area contributed by atoms with E-state index in [0.29, 0.717) is 16.4 Å². The average molecular weight is 352 g/mol. The molecule has 0 aliphatic carbocycles. The van der Waals surface area contributed by atoms with Gasteiger partial charge in [0.05, 0.1) is 24.1 Å². The van der Waals surface area contributed by atoms with Crippen LogP contribution in [0, 0.1) is 0 Å². The first kappa shape index (κ1) is 15.5. The van der Waals surface area contributed by atoms with E-state index in [1.165, 1.54) is 11.3 Å². The molecule has 0 saturated carbocycles. The molecule has 0 aliphatic rings. The van der Waals surface area contributed by atoms with Gasteiger partial charge in [0.25, 0.3) is 5.56 Å². The highest BCUT2D eigenvalue weighted by atomic mass is 32.1. The van der Waals surface area contributed by atoms with Crippen LogP contribution in [0.5, 0.6) is 5.75 Å². The van der Waals surface area contributed by atoms with Gasteiger partial charge in [0.2, 0.25) is 0 Å². The molecule has 4 aromatic rings. The number of fused-ring (bicyclic) bond motifs is 1. The maximum absolute atomic E-state index is 12.4. The van der Waals surface area contributed by atoms with Gasteiger partial charge in [-0.2, -0.15) is 0 Å². The molecule has 0 aliphatic heterocycles. The highest BCUT2D eigenvalue weighted by Crippen LogP contribution is 2.30. The highest BCUT2D eigenvalue weighted by molar-refractivity contribution is 7.14. The maximum atomic E-state index is 12.4. The van der Waals surface area contributed by atoms with E-state index in [4.69, 9.17) is 4.74 Å². The third-order valence-corrected chi connectivity index (χ3v) is 4.77. The fourth-order valence-corrected chi connectivity index (χ4v) is 3.45. The van der Waals surface area contributed by atoms with Crippen molar-refractivity contribution in [3.8, 4) is 17.0 Å². The Labute approximate surface area is 147 Å². The van der Waals surface area contributed by atoms with E-state index in [2.05, 4.69) is 15.3 Å². The summed E-state index contributed by atoms with van der Waals surface area (Å²) in [4.78, 5) is 19.9. The lowest BCUT2D eigenvalue weighted by Crippen LogP contribution is -2.10. The summed E-state index contributed by atoms with van der Waals surface area (Å²) in [5.41, 5.74) is 2.69. The van der Waals surface area contributed by atoms with Crippen LogP contribution < -0.4 is 15.6 Å². The molecule has 6 nitrogen and oxygen atoms in total. The van der Waals surface area contributed by atoms with Gasteiger partial charge in [-0.25, -0.2) is 4.98 Å².